The summed E-state index contributed by atoms with van der Waals surface area (Å²) in [6.07, 6.45) is 7.58. The molecule has 0 aliphatic heterocycles. The largest absolute Gasteiger partial charge is 0.383 e. The molecule has 3 aromatic rings. The normalized spacial score (nSPS) is 19.0. The molecule has 1 amide bonds. The molecule has 0 bridgehead atoms. The Hall–Kier alpha value is -2.78. The van der Waals surface area contributed by atoms with Crippen LogP contribution in [0.3, 0.4) is 0 Å². The average Bonchev–Trinajstić information content (AvgIpc) is 3.45. The van der Waals surface area contributed by atoms with Crippen molar-refractivity contribution in [3.63, 3.8) is 0 Å². The number of rotatable bonds is 8. The lowest BCUT2D eigenvalue weighted by Crippen LogP contribution is -2.43. The number of H-pyrrole nitrogens is 1. The maximum absolute atomic E-state index is 13.2. The van der Waals surface area contributed by atoms with Gasteiger partial charge in [0.2, 0.25) is 0 Å². The number of pyridine rings is 1. The third kappa shape index (κ3) is 4.94. The molecule has 4 rings (SSSR count). The smallest absolute Gasteiger partial charge is 0.272 e. The van der Waals surface area contributed by atoms with Gasteiger partial charge in [-0.05, 0) is 57.2 Å². The van der Waals surface area contributed by atoms with E-state index in [4.69, 9.17) is 4.74 Å². The summed E-state index contributed by atoms with van der Waals surface area (Å²) in [6, 6.07) is 2.79. The molecule has 1 fully saturated rings. The van der Waals surface area contributed by atoms with Crippen LogP contribution in [0.4, 0.5) is 0 Å². The predicted molar refractivity (Wildman–Crippen MR) is 127 cm³/mol. The topological polar surface area (TPSA) is 100 Å². The lowest BCUT2D eigenvalue weighted by Gasteiger charge is -2.34. The number of nitrogens with zero attached hydrogens (tertiary/aromatic N) is 5. The van der Waals surface area contributed by atoms with Gasteiger partial charge in [0.15, 0.2) is 11.3 Å². The fourth-order valence-electron chi connectivity index (χ4n) is 4.87. The molecular weight excluding hydrogens is 418 g/mol. The van der Waals surface area contributed by atoms with E-state index in [2.05, 4.69) is 57.5 Å². The number of carbonyl (C=O) groups is 1. The quantitative estimate of drug-likeness (QED) is 0.543. The average molecular weight is 454 g/mol. The Kier molecular flexibility index (Phi) is 7.09. The number of aromatic amines is 1. The Labute approximate surface area is 194 Å². The van der Waals surface area contributed by atoms with E-state index in [-0.39, 0.29) is 17.9 Å². The second-order valence-electron chi connectivity index (χ2n) is 9.41. The SMILES string of the molecule is COCCN(C)C1CCC(NC(=O)c2n[nH]c(-c3cc(C)c4ncnn4c3)c2C(C)C)CC1. The van der Waals surface area contributed by atoms with Crippen molar-refractivity contribution in [3.05, 3.63) is 35.4 Å². The third-order valence-corrected chi connectivity index (χ3v) is 6.75. The van der Waals surface area contributed by atoms with Gasteiger partial charge < -0.3 is 15.0 Å². The van der Waals surface area contributed by atoms with Crippen LogP contribution < -0.4 is 5.32 Å². The minimum absolute atomic E-state index is 0.101. The first-order chi connectivity index (χ1) is 15.9. The van der Waals surface area contributed by atoms with E-state index in [1.165, 1.54) is 0 Å². The van der Waals surface area contributed by atoms with E-state index in [0.29, 0.717) is 11.7 Å². The summed E-state index contributed by atoms with van der Waals surface area (Å²) in [5.74, 6) is 0.0346. The van der Waals surface area contributed by atoms with Crippen LogP contribution in [0.5, 0.6) is 0 Å². The molecule has 2 N–H and O–H groups in total. The van der Waals surface area contributed by atoms with Crippen molar-refractivity contribution in [1.82, 2.24) is 35.0 Å². The highest BCUT2D eigenvalue weighted by Crippen LogP contribution is 2.31. The van der Waals surface area contributed by atoms with Gasteiger partial charge in [-0.2, -0.15) is 10.2 Å². The molecule has 3 heterocycles. The summed E-state index contributed by atoms with van der Waals surface area (Å²) in [5.41, 5.74) is 5.06. The number of hydrogen-bond acceptors (Lipinski definition) is 6. The summed E-state index contributed by atoms with van der Waals surface area (Å²) in [5, 5.41) is 15.1. The molecule has 3 aromatic heterocycles. The molecule has 0 spiro atoms. The van der Waals surface area contributed by atoms with Crippen LogP contribution >= 0.6 is 0 Å². The molecule has 1 saturated carbocycles. The number of amides is 1. The molecule has 1 aliphatic rings. The molecular formula is C24H35N7O2. The highest BCUT2D eigenvalue weighted by molar-refractivity contribution is 5.96. The van der Waals surface area contributed by atoms with Crippen molar-refractivity contribution < 1.29 is 9.53 Å². The lowest BCUT2D eigenvalue weighted by atomic mass is 9.90. The number of ether oxygens (including phenoxy) is 1. The van der Waals surface area contributed by atoms with Crippen LogP contribution in [0.1, 0.15) is 67.1 Å². The van der Waals surface area contributed by atoms with E-state index in [0.717, 1.165) is 66.9 Å². The summed E-state index contributed by atoms with van der Waals surface area (Å²) in [7, 11) is 3.89. The van der Waals surface area contributed by atoms with Crippen LogP contribution in [0.15, 0.2) is 18.6 Å². The van der Waals surface area contributed by atoms with Gasteiger partial charge in [-0.1, -0.05) is 13.8 Å². The standard InChI is InChI=1S/C24H35N7O2/c1-15(2)20-21(17-12-16(3)23-25-14-26-31(23)13-17)28-29-22(20)24(32)27-18-6-8-19(9-7-18)30(4)10-11-33-5/h12-15,18-19H,6-11H2,1-5H3,(H,27,32)(H,28,29). The van der Waals surface area contributed by atoms with Gasteiger partial charge >= 0.3 is 0 Å². The van der Waals surface area contributed by atoms with Gasteiger partial charge in [0.1, 0.15) is 6.33 Å². The molecule has 0 unspecified atom stereocenters. The van der Waals surface area contributed by atoms with Crippen LogP contribution in [-0.2, 0) is 4.74 Å². The Morgan fingerprint density at radius 2 is 2.09 bits per heavy atom. The summed E-state index contributed by atoms with van der Waals surface area (Å²) in [4.78, 5) is 19.9. The number of methoxy groups -OCH3 is 1. The predicted octanol–water partition coefficient (Wildman–Crippen LogP) is 3.17. The summed E-state index contributed by atoms with van der Waals surface area (Å²) >= 11 is 0. The Balaban J connectivity index is 1.48. The number of likely N-dealkylation sites (N-methyl/N-ethyl adjacent to an activating group) is 1. The number of fused-ring (bicyclic) bond motifs is 1. The Morgan fingerprint density at radius 3 is 2.79 bits per heavy atom. The molecule has 1 aliphatic carbocycles. The molecule has 0 atom stereocenters. The fraction of sp³-hybridized carbons (Fsp3) is 0.583. The van der Waals surface area contributed by atoms with Crippen molar-refractivity contribution in [2.24, 2.45) is 0 Å². The van der Waals surface area contributed by atoms with E-state index in [1.54, 1.807) is 18.0 Å². The highest BCUT2D eigenvalue weighted by atomic mass is 16.5. The lowest BCUT2D eigenvalue weighted by molar-refractivity contribution is 0.0890. The van der Waals surface area contributed by atoms with Gasteiger partial charge in [0, 0.05) is 43.1 Å². The Morgan fingerprint density at radius 1 is 1.33 bits per heavy atom. The number of nitrogens with one attached hydrogen (secondary N) is 2. The first-order valence-electron chi connectivity index (χ1n) is 11.8. The van der Waals surface area contributed by atoms with E-state index >= 15 is 0 Å². The van der Waals surface area contributed by atoms with Crippen molar-refractivity contribution in [2.75, 3.05) is 27.3 Å². The van der Waals surface area contributed by atoms with Crippen molar-refractivity contribution >= 4 is 11.6 Å². The number of aromatic nitrogens is 5. The minimum atomic E-state index is -0.101. The second kappa shape index (κ2) is 10.0. The third-order valence-electron chi connectivity index (χ3n) is 6.75. The van der Waals surface area contributed by atoms with Crippen molar-refractivity contribution in [2.45, 2.75) is 64.5 Å². The second-order valence-corrected chi connectivity index (χ2v) is 9.41. The van der Waals surface area contributed by atoms with E-state index in [1.807, 2.05) is 13.1 Å². The molecule has 0 radical (unpaired) electrons. The van der Waals surface area contributed by atoms with Gasteiger partial charge in [-0.25, -0.2) is 9.50 Å². The minimum Gasteiger partial charge on any atom is -0.383 e. The first kappa shape index (κ1) is 23.4. The molecule has 0 saturated heterocycles. The van der Waals surface area contributed by atoms with Gasteiger partial charge in [0.25, 0.3) is 5.91 Å². The monoisotopic (exact) mass is 453 g/mol. The Bertz CT molecular complexity index is 1100. The van der Waals surface area contributed by atoms with Crippen LogP contribution in [0.25, 0.3) is 16.9 Å². The van der Waals surface area contributed by atoms with Crippen molar-refractivity contribution in [1.29, 1.82) is 0 Å². The molecule has 0 aromatic carbocycles. The zero-order valence-corrected chi connectivity index (χ0v) is 20.3. The van der Waals surface area contributed by atoms with Crippen molar-refractivity contribution in [3.8, 4) is 11.3 Å². The maximum Gasteiger partial charge on any atom is 0.272 e. The molecule has 9 heteroatoms. The van der Waals surface area contributed by atoms with Crippen LogP contribution in [0, 0.1) is 6.92 Å². The van der Waals surface area contributed by atoms with Crippen LogP contribution in [0.2, 0.25) is 0 Å². The zero-order chi connectivity index (χ0) is 23.5. The maximum atomic E-state index is 13.2. The van der Waals surface area contributed by atoms with Gasteiger partial charge in [-0.15, -0.1) is 0 Å². The zero-order valence-electron chi connectivity index (χ0n) is 20.3. The number of carbonyl (C=O) groups excluding carboxylic acids is 1. The molecule has 178 valence electrons. The highest BCUT2D eigenvalue weighted by Gasteiger charge is 2.28. The number of aryl methyl sites for hydroxylation is 1. The molecule has 9 nitrogen and oxygen atoms in total. The van der Waals surface area contributed by atoms with Gasteiger partial charge in [-0.3, -0.25) is 9.89 Å². The van der Waals surface area contributed by atoms with Gasteiger partial charge in [0.05, 0.1) is 12.3 Å². The van der Waals surface area contributed by atoms with E-state index in [9.17, 15) is 4.79 Å². The molecule has 33 heavy (non-hydrogen) atoms. The summed E-state index contributed by atoms with van der Waals surface area (Å²) in [6.45, 7) is 7.87. The fourth-order valence-corrected chi connectivity index (χ4v) is 4.87. The van der Waals surface area contributed by atoms with E-state index < -0.39 is 0 Å². The summed E-state index contributed by atoms with van der Waals surface area (Å²) < 4.78 is 6.96. The first-order valence-corrected chi connectivity index (χ1v) is 11.8. The van der Waals surface area contributed by atoms with Crippen LogP contribution in [-0.4, -0.2) is 75.0 Å². The number of hydrogen-bond donors (Lipinski definition) is 2.